The van der Waals surface area contributed by atoms with Crippen LogP contribution in [0, 0.1) is 5.82 Å². The second-order valence-corrected chi connectivity index (χ2v) is 7.14. The molecule has 1 unspecified atom stereocenters. The van der Waals surface area contributed by atoms with Crippen LogP contribution < -0.4 is 0 Å². The highest BCUT2D eigenvalue weighted by molar-refractivity contribution is 7.99. The quantitative estimate of drug-likeness (QED) is 0.676. The minimum atomic E-state index is -0.756. The number of nitrogens with zero attached hydrogens (tertiary/aromatic N) is 3. The molecule has 4 nitrogen and oxygen atoms in total. The number of hydrogen-bond donors (Lipinski definition) is 1. The van der Waals surface area contributed by atoms with Crippen LogP contribution in [0.15, 0.2) is 59.8 Å². The van der Waals surface area contributed by atoms with Gasteiger partial charge in [-0.2, -0.15) is 0 Å². The molecule has 128 valence electrons. The molecule has 0 aliphatic heterocycles. The van der Waals surface area contributed by atoms with Crippen LogP contribution in [0.5, 0.6) is 0 Å². The molecule has 1 atom stereocenters. The molecule has 1 saturated carbocycles. The first kappa shape index (κ1) is 16.3. The largest absolute Gasteiger partial charge is 0.388 e. The summed E-state index contributed by atoms with van der Waals surface area (Å²) >= 11 is 1.39. The Morgan fingerprint density at radius 3 is 2.68 bits per heavy atom. The van der Waals surface area contributed by atoms with Gasteiger partial charge < -0.3 is 5.11 Å². The Bertz CT molecular complexity index is 864. The number of rotatable bonds is 6. The van der Waals surface area contributed by atoms with Crippen molar-refractivity contribution in [3.63, 3.8) is 0 Å². The highest BCUT2D eigenvalue weighted by atomic mass is 32.2. The standard InChI is InChI=1S/C19H18FN3OS/c20-15-6-4-5-14(11-15)17(24)12-25-19-21-18(13-9-10-13)23(22-19)16-7-2-1-3-8-16/h1-8,11,13,17,24H,9-10,12H2. The molecule has 0 spiro atoms. The van der Waals surface area contributed by atoms with Crippen LogP contribution >= 0.6 is 11.8 Å². The van der Waals surface area contributed by atoms with Crippen LogP contribution in [0.25, 0.3) is 5.69 Å². The van der Waals surface area contributed by atoms with E-state index >= 15 is 0 Å². The van der Waals surface area contributed by atoms with Crippen molar-refractivity contribution in [3.05, 3.63) is 71.8 Å². The van der Waals surface area contributed by atoms with Crippen molar-refractivity contribution in [3.8, 4) is 5.69 Å². The molecule has 3 aromatic rings. The molecule has 0 saturated heterocycles. The molecule has 0 radical (unpaired) electrons. The molecular formula is C19H18FN3OS. The maximum absolute atomic E-state index is 13.3. The van der Waals surface area contributed by atoms with Crippen molar-refractivity contribution in [2.24, 2.45) is 0 Å². The monoisotopic (exact) mass is 355 g/mol. The van der Waals surface area contributed by atoms with Gasteiger partial charge in [0.25, 0.3) is 0 Å². The summed E-state index contributed by atoms with van der Waals surface area (Å²) in [5.74, 6) is 1.49. The number of aromatic nitrogens is 3. The normalized spacial score (nSPS) is 15.3. The van der Waals surface area contributed by atoms with Crippen molar-refractivity contribution >= 4 is 11.8 Å². The van der Waals surface area contributed by atoms with Crippen LogP contribution in [0.3, 0.4) is 0 Å². The average Bonchev–Trinajstić information content (AvgIpc) is 3.40. The zero-order chi connectivity index (χ0) is 17.2. The lowest BCUT2D eigenvalue weighted by molar-refractivity contribution is 0.203. The highest BCUT2D eigenvalue weighted by Crippen LogP contribution is 2.40. The second-order valence-electron chi connectivity index (χ2n) is 6.16. The Kier molecular flexibility index (Phi) is 4.55. The van der Waals surface area contributed by atoms with E-state index in [1.54, 1.807) is 12.1 Å². The van der Waals surface area contributed by atoms with E-state index < -0.39 is 6.10 Å². The van der Waals surface area contributed by atoms with E-state index in [1.165, 1.54) is 23.9 Å². The fourth-order valence-electron chi connectivity index (χ4n) is 2.69. The van der Waals surface area contributed by atoms with E-state index in [0.29, 0.717) is 22.4 Å². The molecule has 4 rings (SSSR count). The number of halogens is 1. The van der Waals surface area contributed by atoms with Crippen molar-refractivity contribution in [2.75, 3.05) is 5.75 Å². The molecule has 1 aromatic heterocycles. The molecule has 6 heteroatoms. The van der Waals surface area contributed by atoms with Gasteiger partial charge in [-0.1, -0.05) is 42.1 Å². The summed E-state index contributed by atoms with van der Waals surface area (Å²) in [7, 11) is 0. The van der Waals surface area contributed by atoms with Gasteiger partial charge >= 0.3 is 0 Å². The third-order valence-corrected chi connectivity index (χ3v) is 5.07. The van der Waals surface area contributed by atoms with Crippen LogP contribution in [0.4, 0.5) is 4.39 Å². The zero-order valence-electron chi connectivity index (χ0n) is 13.5. The second kappa shape index (κ2) is 6.98. The van der Waals surface area contributed by atoms with Gasteiger partial charge in [0.05, 0.1) is 11.8 Å². The molecule has 1 aliphatic rings. The third-order valence-electron chi connectivity index (χ3n) is 4.16. The maximum atomic E-state index is 13.3. The van der Waals surface area contributed by atoms with Crippen LogP contribution in [-0.2, 0) is 0 Å². The summed E-state index contributed by atoms with van der Waals surface area (Å²) in [5.41, 5.74) is 1.56. The zero-order valence-corrected chi connectivity index (χ0v) is 14.4. The van der Waals surface area contributed by atoms with Crippen molar-refractivity contribution < 1.29 is 9.50 Å². The minimum Gasteiger partial charge on any atom is -0.388 e. The summed E-state index contributed by atoms with van der Waals surface area (Å²) in [4.78, 5) is 4.66. The molecule has 1 aliphatic carbocycles. The third kappa shape index (κ3) is 3.75. The Balaban J connectivity index is 1.51. The van der Waals surface area contributed by atoms with Gasteiger partial charge in [0.1, 0.15) is 11.6 Å². The number of aliphatic hydroxyl groups is 1. The van der Waals surface area contributed by atoms with Crippen molar-refractivity contribution in [1.82, 2.24) is 14.8 Å². The molecule has 2 aromatic carbocycles. The topological polar surface area (TPSA) is 50.9 Å². The van der Waals surface area contributed by atoms with Gasteiger partial charge in [0.2, 0.25) is 5.16 Å². The Labute approximate surface area is 149 Å². The van der Waals surface area contributed by atoms with Crippen LogP contribution in [0.1, 0.15) is 36.3 Å². The predicted molar refractivity (Wildman–Crippen MR) is 95.4 cm³/mol. The molecule has 1 heterocycles. The molecular weight excluding hydrogens is 337 g/mol. The van der Waals surface area contributed by atoms with E-state index in [4.69, 9.17) is 0 Å². The first-order chi connectivity index (χ1) is 12.2. The summed E-state index contributed by atoms with van der Waals surface area (Å²) in [6.45, 7) is 0. The van der Waals surface area contributed by atoms with E-state index in [0.717, 1.165) is 24.4 Å². The first-order valence-electron chi connectivity index (χ1n) is 8.29. The van der Waals surface area contributed by atoms with Crippen molar-refractivity contribution in [1.29, 1.82) is 0 Å². The van der Waals surface area contributed by atoms with E-state index in [-0.39, 0.29) is 5.82 Å². The fourth-order valence-corrected chi connectivity index (χ4v) is 3.49. The lowest BCUT2D eigenvalue weighted by atomic mass is 10.1. The number of para-hydroxylation sites is 1. The smallest absolute Gasteiger partial charge is 0.209 e. The molecule has 1 N–H and O–H groups in total. The summed E-state index contributed by atoms with van der Waals surface area (Å²) in [6, 6.07) is 16.0. The van der Waals surface area contributed by atoms with Crippen molar-refractivity contribution in [2.45, 2.75) is 30.0 Å². The number of benzene rings is 2. The summed E-state index contributed by atoms with van der Waals surface area (Å²) < 4.78 is 15.2. The maximum Gasteiger partial charge on any atom is 0.209 e. The van der Waals surface area contributed by atoms with Crippen LogP contribution in [0.2, 0.25) is 0 Å². The Hall–Kier alpha value is -2.18. The van der Waals surface area contributed by atoms with E-state index in [2.05, 4.69) is 10.1 Å². The molecule has 25 heavy (non-hydrogen) atoms. The summed E-state index contributed by atoms with van der Waals surface area (Å²) in [6.07, 6.45) is 1.53. The SMILES string of the molecule is OC(CSc1nc(C2CC2)n(-c2ccccc2)n1)c1cccc(F)c1. The molecule has 0 amide bonds. The van der Waals surface area contributed by atoms with Gasteiger partial charge in [0, 0.05) is 11.7 Å². The van der Waals surface area contributed by atoms with E-state index in [1.807, 2.05) is 35.0 Å². The van der Waals surface area contributed by atoms with Gasteiger partial charge in [0.15, 0.2) is 0 Å². The minimum absolute atomic E-state index is 0.343. The molecule has 1 fully saturated rings. The van der Waals surface area contributed by atoms with Gasteiger partial charge in [-0.05, 0) is 42.7 Å². The van der Waals surface area contributed by atoms with E-state index in [9.17, 15) is 9.50 Å². The number of aliphatic hydroxyl groups excluding tert-OH is 1. The predicted octanol–water partition coefficient (Wildman–Crippen LogP) is 4.11. The first-order valence-corrected chi connectivity index (χ1v) is 9.28. The lowest BCUT2D eigenvalue weighted by Gasteiger charge is -2.09. The van der Waals surface area contributed by atoms with Gasteiger partial charge in [-0.25, -0.2) is 14.1 Å². The average molecular weight is 355 g/mol. The Morgan fingerprint density at radius 1 is 1.16 bits per heavy atom. The highest BCUT2D eigenvalue weighted by Gasteiger charge is 2.30. The van der Waals surface area contributed by atoms with Gasteiger partial charge in [-0.15, -0.1) is 5.10 Å². The number of hydrogen-bond acceptors (Lipinski definition) is 4. The molecule has 0 bridgehead atoms. The van der Waals surface area contributed by atoms with Crippen LogP contribution in [-0.4, -0.2) is 25.6 Å². The fraction of sp³-hybridized carbons (Fsp3) is 0.263. The van der Waals surface area contributed by atoms with Gasteiger partial charge in [-0.3, -0.25) is 0 Å². The lowest BCUT2D eigenvalue weighted by Crippen LogP contribution is -2.02. The summed E-state index contributed by atoms with van der Waals surface area (Å²) in [5, 5.41) is 15.5. The number of thioether (sulfide) groups is 1. The Morgan fingerprint density at radius 2 is 1.96 bits per heavy atom.